The second-order valence-corrected chi connectivity index (χ2v) is 44.8. The average Bonchev–Trinajstić information content (AvgIpc) is 1.59. The molecule has 10 N–H and O–H groups in total. The summed E-state index contributed by atoms with van der Waals surface area (Å²) in [7, 11) is 0. The lowest BCUT2D eigenvalue weighted by atomic mass is 9.90. The number of pyridine rings is 3. The topological polar surface area (TPSA) is 169 Å². The molecule has 15 aromatic rings. The molecule has 8 nitrogen and oxygen atoms in total. The van der Waals surface area contributed by atoms with Crippen molar-refractivity contribution >= 4 is 68.8 Å². The highest BCUT2D eigenvalue weighted by Gasteiger charge is 2.64. The Balaban J connectivity index is 0.000000218. The number of halogens is 7. The van der Waals surface area contributed by atoms with Crippen LogP contribution in [0, 0.1) is 71.4 Å². The number of anilines is 2. The standard InChI is InChI=1S/C17H20FN.C16H18FN.C16H19N.2C15H18N2.C15H17N.2C8H11ClS.C8H12S.C7H11F3/c1-11(2)17-15(8-12(3)9-16(17)18)14-6-4-13(10-19)5-7-14;1-11(2)14-5-3-4-6-15(14)12-7-8-13(10-18)16(17)9-12;1-12(2)15-5-3-4-6-16(15)14-9-7-13(11-17)8-10-14;1-10(2)13-6-4-11(3)8-14(13)12-5-7-15(16)17-9-12;1-10(2)13-5-4-11(3)8-14(13)12-6-7-17-15(16)9-12;1-11(2)14-5-4-12(3)10-15(14)13-6-8-16-9-7-13;1-5(2)8-7(9)4-6(3)10-8;1-5(2)7-4-6(3)10-8(7)9;1-6(2)8-5-4-7(3)9-8;1-5(2)6(3-4-6)7(8,9)10/h4-9,11H,10,19H2,1-3H3;3-9,11H,10,18H2,1-2H3;3-10,12H,11,17H2,1-2H3;2*4-10H,1-3H3,(H2,16,17);4-11H,1-3H3;2*4-5H,1-3H3;4-6H,1-3H3;5H,3-4H2,1-2H3. The summed E-state index contributed by atoms with van der Waals surface area (Å²) in [6.07, 6.45) is 3.99. The molecule has 0 saturated heterocycles. The highest BCUT2D eigenvalue weighted by Crippen LogP contribution is 2.62. The third-order valence-electron chi connectivity index (χ3n) is 24.9. The van der Waals surface area contributed by atoms with Crippen LogP contribution < -0.4 is 28.7 Å². The van der Waals surface area contributed by atoms with Gasteiger partial charge in [0.1, 0.15) is 23.3 Å². The first-order chi connectivity index (χ1) is 67.5. The zero-order valence-electron chi connectivity index (χ0n) is 89.3. The Labute approximate surface area is 875 Å². The lowest BCUT2D eigenvalue weighted by molar-refractivity contribution is -0.199. The van der Waals surface area contributed by atoms with Gasteiger partial charge in [-0.2, -0.15) is 13.2 Å². The van der Waals surface area contributed by atoms with Crippen LogP contribution >= 0.6 is 57.2 Å². The fraction of sp³-hybridized carbons (Fsp3) is 0.352. The van der Waals surface area contributed by atoms with Crippen molar-refractivity contribution in [3.05, 3.63) is 391 Å². The molecule has 6 aromatic heterocycles. The van der Waals surface area contributed by atoms with Crippen molar-refractivity contribution in [2.75, 3.05) is 11.5 Å². The average molecular weight is 2030 g/mol. The number of nitrogens with two attached hydrogens (primary N) is 5. The van der Waals surface area contributed by atoms with E-state index in [0.717, 1.165) is 59.4 Å². The molecular formula is C125H155Cl2F5N8S3. The summed E-state index contributed by atoms with van der Waals surface area (Å²) in [6.45, 7) is 58.4. The first kappa shape index (κ1) is 119. The number of alkyl halides is 3. The van der Waals surface area contributed by atoms with E-state index in [0.29, 0.717) is 90.5 Å². The van der Waals surface area contributed by atoms with E-state index >= 15 is 0 Å². The van der Waals surface area contributed by atoms with Gasteiger partial charge in [0.05, 0.1) is 14.8 Å². The zero-order valence-corrected chi connectivity index (χ0v) is 93.3. The molecule has 0 aliphatic heterocycles. The van der Waals surface area contributed by atoms with Gasteiger partial charge >= 0.3 is 6.18 Å². The van der Waals surface area contributed by atoms with E-state index in [1.165, 1.54) is 113 Å². The molecule has 1 saturated carbocycles. The minimum atomic E-state index is -3.97. The van der Waals surface area contributed by atoms with E-state index < -0.39 is 11.6 Å². The minimum absolute atomic E-state index is 0.118. The molecule has 0 amide bonds. The number of hydrogen-bond acceptors (Lipinski definition) is 11. The monoisotopic (exact) mass is 2030 g/mol. The summed E-state index contributed by atoms with van der Waals surface area (Å²) in [4.78, 5) is 19.1. The largest absolute Gasteiger partial charge is 0.394 e. The molecule has 143 heavy (non-hydrogen) atoms. The van der Waals surface area contributed by atoms with Crippen LogP contribution in [0.1, 0.15) is 307 Å². The number of hydrogen-bond donors (Lipinski definition) is 5. The molecule has 0 radical (unpaired) electrons. The Morgan fingerprint density at radius 2 is 0.755 bits per heavy atom. The first-order valence-corrected chi connectivity index (χ1v) is 53.1. The lowest BCUT2D eigenvalue weighted by Gasteiger charge is -2.22. The fourth-order valence-corrected chi connectivity index (χ4v) is 20.4. The van der Waals surface area contributed by atoms with Gasteiger partial charge in [0.25, 0.3) is 0 Å². The first-order valence-electron chi connectivity index (χ1n) is 49.9. The molecule has 0 spiro atoms. The van der Waals surface area contributed by atoms with E-state index in [4.69, 9.17) is 51.9 Å². The van der Waals surface area contributed by atoms with Crippen LogP contribution in [0.25, 0.3) is 66.8 Å². The quantitative estimate of drug-likeness (QED) is 0.0499. The number of nitrogen functional groups attached to an aromatic ring is 2. The van der Waals surface area contributed by atoms with Crippen LogP contribution in [-0.4, -0.2) is 21.1 Å². The van der Waals surface area contributed by atoms with Crippen LogP contribution in [0.15, 0.2) is 267 Å². The molecule has 1 aliphatic rings. The van der Waals surface area contributed by atoms with Crippen molar-refractivity contribution in [3.8, 4) is 66.8 Å². The SMILES string of the molecule is CC(C)C1(C(F)(F)F)CC1.CC(C)c1ccccc1-c1ccc(CN)c(F)c1.CC(C)c1ccccc1-c1ccc(CN)cc1.Cc1cc(C(C)C)c(Cl)s1.Cc1cc(Cl)c(C(C)C)s1.Cc1cc(F)c(C(C)C)c(-c2ccc(CN)cc2)c1.Cc1ccc(C(C)C)c(-c2ccc(N)nc2)c1.Cc1ccc(C(C)C)c(-c2ccnc(N)c2)c1.Cc1ccc(C(C)C)c(-c2ccncc2)c1.Cc1ccc(C(C)C)s1. The van der Waals surface area contributed by atoms with Gasteiger partial charge < -0.3 is 28.7 Å². The maximum atomic E-state index is 14.2. The van der Waals surface area contributed by atoms with Gasteiger partial charge in [-0.05, 0) is 310 Å². The Kier molecular flexibility index (Phi) is 47.7. The number of rotatable bonds is 19. The van der Waals surface area contributed by atoms with Crippen molar-refractivity contribution in [1.82, 2.24) is 15.0 Å². The maximum Gasteiger partial charge on any atom is 0.394 e. The normalized spacial score (nSPS) is 11.7. The van der Waals surface area contributed by atoms with Crippen LogP contribution in [0.2, 0.25) is 9.36 Å². The smallest absolute Gasteiger partial charge is 0.384 e. The fourth-order valence-electron chi connectivity index (χ4n) is 16.5. The predicted octanol–water partition coefficient (Wildman–Crippen LogP) is 37.9. The summed E-state index contributed by atoms with van der Waals surface area (Å²) in [5, 5.41) is 0.928. The second-order valence-electron chi connectivity index (χ2n) is 39.9. The molecule has 18 heteroatoms. The summed E-state index contributed by atoms with van der Waals surface area (Å²) in [6, 6.07) is 82.6. The Bertz CT molecular complexity index is 6350. The summed E-state index contributed by atoms with van der Waals surface area (Å²) in [5.41, 5.74) is 57.1. The van der Waals surface area contributed by atoms with E-state index in [9.17, 15) is 22.0 Å². The molecule has 6 heterocycles. The molecule has 0 unspecified atom stereocenters. The van der Waals surface area contributed by atoms with E-state index in [2.05, 4.69) is 313 Å². The van der Waals surface area contributed by atoms with Gasteiger partial charge in [-0.15, -0.1) is 34.0 Å². The van der Waals surface area contributed by atoms with Crippen LogP contribution in [0.5, 0.6) is 0 Å². The third-order valence-corrected chi connectivity index (χ3v) is 29.3. The number of benzene rings is 9. The van der Waals surface area contributed by atoms with Gasteiger partial charge in [0.15, 0.2) is 0 Å². The lowest BCUT2D eigenvalue weighted by Crippen LogP contribution is -2.29. The molecular weight excluding hydrogens is 1880 g/mol. The van der Waals surface area contributed by atoms with Crippen molar-refractivity contribution in [1.29, 1.82) is 0 Å². The number of nitrogens with zero attached hydrogens (tertiary/aromatic N) is 3. The molecule has 1 aliphatic carbocycles. The van der Waals surface area contributed by atoms with Crippen LogP contribution in [-0.2, 0) is 19.6 Å². The summed E-state index contributed by atoms with van der Waals surface area (Å²) in [5.74, 6) is 5.00. The highest BCUT2D eigenvalue weighted by molar-refractivity contribution is 7.16. The van der Waals surface area contributed by atoms with Crippen molar-refractivity contribution in [2.24, 2.45) is 28.5 Å². The third kappa shape index (κ3) is 36.2. The van der Waals surface area contributed by atoms with E-state index in [1.807, 2.05) is 130 Å². The van der Waals surface area contributed by atoms with Crippen LogP contribution in [0.3, 0.4) is 0 Å². The number of thiophene rings is 3. The predicted molar refractivity (Wildman–Crippen MR) is 613 cm³/mol. The summed E-state index contributed by atoms with van der Waals surface area (Å²) < 4.78 is 65.4. The van der Waals surface area contributed by atoms with Gasteiger partial charge in [0.2, 0.25) is 0 Å². The Hall–Kier alpha value is -10.8. The van der Waals surface area contributed by atoms with Gasteiger partial charge in [0, 0.05) is 79.9 Å². The van der Waals surface area contributed by atoms with Crippen molar-refractivity contribution in [2.45, 2.75) is 279 Å². The number of aromatic nitrogens is 3. The Morgan fingerprint density at radius 1 is 0.336 bits per heavy atom. The summed E-state index contributed by atoms with van der Waals surface area (Å²) >= 11 is 17.3. The van der Waals surface area contributed by atoms with Gasteiger partial charge in [-0.3, -0.25) is 4.98 Å². The zero-order chi connectivity index (χ0) is 106. The molecule has 1 fully saturated rings. The van der Waals surface area contributed by atoms with Crippen molar-refractivity contribution < 1.29 is 22.0 Å². The second kappa shape index (κ2) is 57.2. The molecule has 0 atom stereocenters. The van der Waals surface area contributed by atoms with E-state index in [-0.39, 0.29) is 30.0 Å². The Morgan fingerprint density at radius 3 is 1.10 bits per heavy atom. The van der Waals surface area contributed by atoms with Crippen LogP contribution in [0.4, 0.5) is 33.6 Å². The molecule has 762 valence electrons. The highest BCUT2D eigenvalue weighted by atomic mass is 35.5. The molecule has 16 rings (SSSR count). The van der Waals surface area contributed by atoms with Crippen molar-refractivity contribution in [3.63, 3.8) is 0 Å². The maximum absolute atomic E-state index is 14.2. The van der Waals surface area contributed by atoms with Gasteiger partial charge in [-0.25, -0.2) is 18.7 Å². The minimum Gasteiger partial charge on any atom is -0.384 e. The molecule has 0 bridgehead atoms. The van der Waals surface area contributed by atoms with E-state index in [1.54, 1.807) is 60.9 Å². The number of aryl methyl sites for hydroxylation is 7. The molecule has 9 aromatic carbocycles. The van der Waals surface area contributed by atoms with Gasteiger partial charge in [-0.1, -0.05) is 348 Å².